The molecule has 0 aromatic heterocycles. The van der Waals surface area contributed by atoms with Gasteiger partial charge in [0, 0.05) is 0 Å². The summed E-state index contributed by atoms with van der Waals surface area (Å²) < 4.78 is 0. The summed E-state index contributed by atoms with van der Waals surface area (Å²) in [6.07, 6.45) is 11.2. The van der Waals surface area contributed by atoms with Crippen LogP contribution in [0.3, 0.4) is 0 Å². The van der Waals surface area contributed by atoms with Crippen molar-refractivity contribution in [3.8, 4) is 0 Å². The largest absolute Gasteiger partial charge is 0.330 e. The molecular formula is C15H30N2. The maximum Gasteiger partial charge on any atom is -0.00201 e. The number of hydrogen-bond acceptors (Lipinski definition) is 2. The minimum atomic E-state index is 0.480. The fourth-order valence-electron chi connectivity index (χ4n) is 3.37. The number of nitrogens with two attached hydrogens (primary N) is 1. The fourth-order valence-corrected chi connectivity index (χ4v) is 3.37. The topological polar surface area (TPSA) is 38.0 Å². The molecule has 17 heavy (non-hydrogen) atoms. The molecule has 2 heteroatoms. The normalized spacial score (nSPS) is 25.8. The molecule has 0 saturated heterocycles. The summed E-state index contributed by atoms with van der Waals surface area (Å²) in [6, 6.07) is 0. The lowest BCUT2D eigenvalue weighted by molar-refractivity contribution is 0.180. The van der Waals surface area contributed by atoms with Crippen molar-refractivity contribution in [2.24, 2.45) is 23.0 Å². The highest BCUT2D eigenvalue weighted by Crippen LogP contribution is 2.38. The van der Waals surface area contributed by atoms with E-state index in [-0.39, 0.29) is 0 Å². The lowest BCUT2D eigenvalue weighted by atomic mass is 9.72. The minimum Gasteiger partial charge on any atom is -0.330 e. The van der Waals surface area contributed by atoms with E-state index in [2.05, 4.69) is 12.2 Å². The molecule has 1 atom stereocenters. The van der Waals surface area contributed by atoms with Gasteiger partial charge in [-0.1, -0.05) is 26.2 Å². The molecule has 2 aliphatic rings. The van der Waals surface area contributed by atoms with Crippen LogP contribution in [0.2, 0.25) is 0 Å². The second-order valence-electron chi connectivity index (χ2n) is 6.53. The van der Waals surface area contributed by atoms with Crippen molar-refractivity contribution in [2.75, 3.05) is 19.6 Å². The predicted molar refractivity (Wildman–Crippen MR) is 73.9 cm³/mol. The number of nitrogens with one attached hydrogen (secondary N) is 1. The molecule has 3 N–H and O–H groups in total. The smallest absolute Gasteiger partial charge is 0.00201 e. The summed E-state index contributed by atoms with van der Waals surface area (Å²) in [5, 5.41) is 3.66. The van der Waals surface area contributed by atoms with E-state index in [9.17, 15) is 0 Å². The molecule has 2 aliphatic carbocycles. The van der Waals surface area contributed by atoms with Gasteiger partial charge in [0.2, 0.25) is 0 Å². The van der Waals surface area contributed by atoms with Gasteiger partial charge in [-0.25, -0.2) is 0 Å². The van der Waals surface area contributed by atoms with E-state index in [1.807, 2.05) is 0 Å². The first-order valence-corrected chi connectivity index (χ1v) is 7.66. The third kappa shape index (κ3) is 3.96. The first kappa shape index (κ1) is 13.4. The van der Waals surface area contributed by atoms with Crippen LogP contribution in [0.4, 0.5) is 0 Å². The van der Waals surface area contributed by atoms with Gasteiger partial charge in [-0.15, -0.1) is 0 Å². The molecule has 0 heterocycles. The Hall–Kier alpha value is -0.0800. The Bertz CT molecular complexity index is 217. The Balaban J connectivity index is 1.61. The van der Waals surface area contributed by atoms with Crippen LogP contribution < -0.4 is 11.1 Å². The Morgan fingerprint density at radius 1 is 1.24 bits per heavy atom. The molecule has 100 valence electrons. The summed E-state index contributed by atoms with van der Waals surface area (Å²) in [5.74, 6) is 1.91. The van der Waals surface area contributed by atoms with Crippen molar-refractivity contribution in [3.63, 3.8) is 0 Å². The van der Waals surface area contributed by atoms with Crippen molar-refractivity contribution in [3.05, 3.63) is 0 Å². The lowest BCUT2D eigenvalue weighted by Crippen LogP contribution is -2.36. The molecule has 0 aromatic rings. The molecule has 2 saturated carbocycles. The first-order chi connectivity index (χ1) is 8.26. The third-order valence-electron chi connectivity index (χ3n) is 5.07. The third-order valence-corrected chi connectivity index (χ3v) is 5.07. The molecule has 0 amide bonds. The molecule has 2 fully saturated rings. The van der Waals surface area contributed by atoms with Crippen LogP contribution >= 0.6 is 0 Å². The Kier molecular flexibility index (Phi) is 4.87. The predicted octanol–water partition coefficient (Wildman–Crippen LogP) is 2.92. The summed E-state index contributed by atoms with van der Waals surface area (Å²) >= 11 is 0. The highest BCUT2D eigenvalue weighted by Gasteiger charge is 2.30. The van der Waals surface area contributed by atoms with Crippen molar-refractivity contribution < 1.29 is 0 Å². The van der Waals surface area contributed by atoms with Gasteiger partial charge in [-0.2, -0.15) is 0 Å². The lowest BCUT2D eigenvalue weighted by Gasteiger charge is -2.36. The first-order valence-electron chi connectivity index (χ1n) is 7.66. The molecule has 2 rings (SSSR count). The number of rotatable bonds is 7. The van der Waals surface area contributed by atoms with E-state index >= 15 is 0 Å². The van der Waals surface area contributed by atoms with Crippen molar-refractivity contribution in [2.45, 2.75) is 58.3 Å². The molecule has 1 unspecified atom stereocenters. The Morgan fingerprint density at radius 2 is 1.94 bits per heavy atom. The molecule has 2 nitrogen and oxygen atoms in total. The van der Waals surface area contributed by atoms with E-state index in [0.717, 1.165) is 18.4 Å². The van der Waals surface area contributed by atoms with Gasteiger partial charge in [0.05, 0.1) is 0 Å². The van der Waals surface area contributed by atoms with Crippen molar-refractivity contribution in [1.82, 2.24) is 5.32 Å². The Morgan fingerprint density at radius 3 is 2.53 bits per heavy atom. The van der Waals surface area contributed by atoms with Crippen LogP contribution in [0, 0.1) is 17.3 Å². The highest BCUT2D eigenvalue weighted by molar-refractivity contribution is 4.85. The maximum atomic E-state index is 6.01. The van der Waals surface area contributed by atoms with Crippen molar-refractivity contribution >= 4 is 0 Å². The maximum absolute atomic E-state index is 6.01. The van der Waals surface area contributed by atoms with Gasteiger partial charge in [-0.05, 0) is 69.0 Å². The summed E-state index contributed by atoms with van der Waals surface area (Å²) in [5.41, 5.74) is 6.49. The van der Waals surface area contributed by atoms with Crippen LogP contribution in [0.1, 0.15) is 58.3 Å². The van der Waals surface area contributed by atoms with Gasteiger partial charge < -0.3 is 11.1 Å². The van der Waals surface area contributed by atoms with Gasteiger partial charge in [-0.3, -0.25) is 0 Å². The monoisotopic (exact) mass is 238 g/mol. The minimum absolute atomic E-state index is 0.480. The van der Waals surface area contributed by atoms with Crippen molar-refractivity contribution in [1.29, 1.82) is 0 Å². The molecule has 0 spiro atoms. The zero-order chi connectivity index (χ0) is 12.1. The zero-order valence-corrected chi connectivity index (χ0v) is 11.5. The van der Waals surface area contributed by atoms with E-state index < -0.39 is 0 Å². The fraction of sp³-hybridized carbons (Fsp3) is 1.00. The Labute approximate surface area is 107 Å². The molecule has 0 aromatic carbocycles. The van der Waals surface area contributed by atoms with Gasteiger partial charge in [0.15, 0.2) is 0 Å². The molecule has 0 bridgehead atoms. The zero-order valence-electron chi connectivity index (χ0n) is 11.5. The average molecular weight is 238 g/mol. The summed E-state index contributed by atoms with van der Waals surface area (Å²) in [4.78, 5) is 0. The van der Waals surface area contributed by atoms with Gasteiger partial charge >= 0.3 is 0 Å². The van der Waals surface area contributed by atoms with E-state index in [4.69, 9.17) is 5.73 Å². The SMILES string of the molecule is CC(CNCCC1(CN)CCCCC1)C1CC1. The highest BCUT2D eigenvalue weighted by atomic mass is 14.9. The molecule has 0 aliphatic heterocycles. The second-order valence-corrected chi connectivity index (χ2v) is 6.53. The van der Waals surface area contributed by atoms with Crippen LogP contribution in [-0.2, 0) is 0 Å². The van der Waals surface area contributed by atoms with Crippen LogP contribution in [0.25, 0.3) is 0 Å². The van der Waals surface area contributed by atoms with E-state index in [1.165, 1.54) is 64.5 Å². The molecule has 0 radical (unpaired) electrons. The number of hydrogen-bond donors (Lipinski definition) is 2. The van der Waals surface area contributed by atoms with Crippen LogP contribution in [0.15, 0.2) is 0 Å². The summed E-state index contributed by atoms with van der Waals surface area (Å²) in [6.45, 7) is 5.68. The standard InChI is InChI=1S/C15H30N2/c1-13(14-5-6-14)11-17-10-9-15(12-16)7-3-2-4-8-15/h13-14,17H,2-12,16H2,1H3. The average Bonchev–Trinajstić information content (AvgIpc) is 3.20. The molecular weight excluding hydrogens is 208 g/mol. The van der Waals surface area contributed by atoms with Crippen LogP contribution in [-0.4, -0.2) is 19.6 Å². The summed E-state index contributed by atoms with van der Waals surface area (Å²) in [7, 11) is 0. The van der Waals surface area contributed by atoms with Gasteiger partial charge in [0.1, 0.15) is 0 Å². The van der Waals surface area contributed by atoms with E-state index in [0.29, 0.717) is 5.41 Å². The van der Waals surface area contributed by atoms with Crippen LogP contribution in [0.5, 0.6) is 0 Å². The van der Waals surface area contributed by atoms with E-state index in [1.54, 1.807) is 0 Å². The second kappa shape index (κ2) is 6.19. The quantitative estimate of drug-likeness (QED) is 0.669. The van der Waals surface area contributed by atoms with Gasteiger partial charge in [0.25, 0.3) is 0 Å².